The third-order valence-corrected chi connectivity index (χ3v) is 3.09. The summed E-state index contributed by atoms with van der Waals surface area (Å²) in [6.45, 7) is 0. The molecule has 2 aromatic heterocycles. The number of carbonyl (C=O) groups excluding carboxylic acids is 1. The molecule has 3 N–H and O–H groups in total. The van der Waals surface area contributed by atoms with Crippen molar-refractivity contribution in [1.29, 1.82) is 0 Å². The summed E-state index contributed by atoms with van der Waals surface area (Å²) >= 11 is 5.43. The highest BCUT2D eigenvalue weighted by Gasteiger charge is 2.10. The number of para-hydroxylation sites is 1. The molecule has 19 heavy (non-hydrogen) atoms. The number of amides is 1. The number of nitrogens with one attached hydrogen (secondary N) is 3. The minimum Gasteiger partial charge on any atom is -0.360 e. The van der Waals surface area contributed by atoms with Gasteiger partial charge in [-0.25, -0.2) is 0 Å². The Labute approximate surface area is 114 Å². The van der Waals surface area contributed by atoms with Gasteiger partial charge in [-0.1, -0.05) is 18.2 Å². The van der Waals surface area contributed by atoms with Crippen molar-refractivity contribution < 1.29 is 4.79 Å². The van der Waals surface area contributed by atoms with E-state index < -0.39 is 0 Å². The van der Waals surface area contributed by atoms with Crippen LogP contribution in [0, 0.1) is 0 Å². The number of anilines is 1. The van der Waals surface area contributed by atoms with E-state index in [0.29, 0.717) is 5.82 Å². The minimum absolute atomic E-state index is 0.0880. The molecule has 2 heterocycles. The zero-order chi connectivity index (χ0) is 13.2. The highest BCUT2D eigenvalue weighted by molar-refractivity contribution is 6.29. The number of alkyl halides is 1. The van der Waals surface area contributed by atoms with Crippen LogP contribution in [0.25, 0.3) is 22.2 Å². The molecule has 0 spiro atoms. The number of aromatic amines is 2. The highest BCUT2D eigenvalue weighted by atomic mass is 35.5. The van der Waals surface area contributed by atoms with Crippen molar-refractivity contribution in [3.05, 3.63) is 36.5 Å². The lowest BCUT2D eigenvalue weighted by Gasteiger charge is -1.95. The Morgan fingerprint density at radius 1 is 1.37 bits per heavy atom. The molecule has 1 aromatic carbocycles. The first-order chi connectivity index (χ1) is 9.28. The summed E-state index contributed by atoms with van der Waals surface area (Å²) in [5.41, 5.74) is 2.90. The van der Waals surface area contributed by atoms with E-state index in [1.54, 1.807) is 6.07 Å². The maximum Gasteiger partial charge on any atom is 0.240 e. The van der Waals surface area contributed by atoms with Crippen molar-refractivity contribution in [2.45, 2.75) is 0 Å². The summed E-state index contributed by atoms with van der Waals surface area (Å²) in [5.74, 6) is 0.0968. The number of carbonyl (C=O) groups is 1. The summed E-state index contributed by atoms with van der Waals surface area (Å²) in [5, 5.41) is 10.6. The van der Waals surface area contributed by atoms with E-state index in [4.69, 9.17) is 11.6 Å². The quantitative estimate of drug-likeness (QED) is 0.643. The van der Waals surface area contributed by atoms with Gasteiger partial charge in [-0.05, 0) is 6.07 Å². The van der Waals surface area contributed by atoms with Gasteiger partial charge < -0.3 is 10.3 Å². The molecule has 0 radical (unpaired) electrons. The lowest BCUT2D eigenvalue weighted by Crippen LogP contribution is -2.12. The average molecular weight is 275 g/mol. The Kier molecular flexibility index (Phi) is 2.97. The van der Waals surface area contributed by atoms with Crippen molar-refractivity contribution in [2.24, 2.45) is 0 Å². The minimum atomic E-state index is -0.279. The summed E-state index contributed by atoms with van der Waals surface area (Å²) < 4.78 is 0. The van der Waals surface area contributed by atoms with Gasteiger partial charge in [0.15, 0.2) is 5.82 Å². The van der Waals surface area contributed by atoms with Gasteiger partial charge in [0.25, 0.3) is 0 Å². The van der Waals surface area contributed by atoms with Crippen LogP contribution in [0.1, 0.15) is 0 Å². The van der Waals surface area contributed by atoms with Crippen LogP contribution in [-0.4, -0.2) is 27.0 Å². The van der Waals surface area contributed by atoms with Gasteiger partial charge in [0.05, 0.1) is 5.69 Å². The van der Waals surface area contributed by atoms with Gasteiger partial charge in [0.1, 0.15) is 5.88 Å². The van der Waals surface area contributed by atoms with E-state index in [2.05, 4.69) is 20.5 Å². The zero-order valence-corrected chi connectivity index (χ0v) is 10.7. The first kappa shape index (κ1) is 11.8. The molecule has 96 valence electrons. The largest absolute Gasteiger partial charge is 0.360 e. The van der Waals surface area contributed by atoms with Gasteiger partial charge >= 0.3 is 0 Å². The number of hydrogen-bond acceptors (Lipinski definition) is 2. The van der Waals surface area contributed by atoms with Crippen LogP contribution in [0.4, 0.5) is 5.82 Å². The Morgan fingerprint density at radius 3 is 3.05 bits per heavy atom. The van der Waals surface area contributed by atoms with Crippen molar-refractivity contribution in [3.8, 4) is 11.3 Å². The number of benzene rings is 1. The molecule has 0 aliphatic carbocycles. The van der Waals surface area contributed by atoms with Crippen LogP contribution in [0.15, 0.2) is 36.5 Å². The molecule has 0 saturated carbocycles. The van der Waals surface area contributed by atoms with Crippen LogP contribution in [-0.2, 0) is 4.79 Å². The predicted octanol–water partition coefficient (Wildman–Crippen LogP) is 2.74. The van der Waals surface area contributed by atoms with E-state index in [0.717, 1.165) is 22.2 Å². The Bertz CT molecular complexity index is 731. The molecule has 0 aliphatic rings. The third-order valence-electron chi connectivity index (χ3n) is 2.85. The first-order valence-corrected chi connectivity index (χ1v) is 6.29. The lowest BCUT2D eigenvalue weighted by atomic mass is 10.1. The van der Waals surface area contributed by atoms with Crippen LogP contribution >= 0.6 is 11.6 Å². The van der Waals surface area contributed by atoms with Crippen molar-refractivity contribution >= 4 is 34.2 Å². The fraction of sp³-hybridized carbons (Fsp3) is 0.0769. The number of nitrogens with zero attached hydrogens (tertiary/aromatic N) is 1. The second kappa shape index (κ2) is 4.78. The number of hydrogen-bond donors (Lipinski definition) is 3. The molecule has 5 nitrogen and oxygen atoms in total. The summed E-state index contributed by atoms with van der Waals surface area (Å²) in [6.07, 6.45) is 1.91. The van der Waals surface area contributed by atoms with Crippen molar-refractivity contribution in [1.82, 2.24) is 15.2 Å². The monoisotopic (exact) mass is 274 g/mol. The van der Waals surface area contributed by atoms with Crippen LogP contribution in [0.3, 0.4) is 0 Å². The second-order valence-electron chi connectivity index (χ2n) is 4.10. The maximum absolute atomic E-state index is 11.2. The molecule has 3 aromatic rings. The average Bonchev–Trinajstić information content (AvgIpc) is 3.04. The van der Waals surface area contributed by atoms with Gasteiger partial charge in [-0.2, -0.15) is 5.10 Å². The Balaban J connectivity index is 1.96. The fourth-order valence-electron chi connectivity index (χ4n) is 1.99. The second-order valence-corrected chi connectivity index (χ2v) is 4.36. The van der Waals surface area contributed by atoms with Gasteiger partial charge in [0.2, 0.25) is 5.91 Å². The smallest absolute Gasteiger partial charge is 0.240 e. The molecule has 6 heteroatoms. The molecule has 3 rings (SSSR count). The normalized spacial score (nSPS) is 10.8. The van der Waals surface area contributed by atoms with E-state index in [1.807, 2.05) is 30.5 Å². The standard InChI is InChI=1S/C13H11ClN4O/c14-6-13(19)16-12-5-11(17-18-12)9-7-15-10-4-2-1-3-8(9)10/h1-5,7,15H,6H2,(H2,16,17,18,19). The number of H-pyrrole nitrogens is 2. The topological polar surface area (TPSA) is 73.6 Å². The summed E-state index contributed by atoms with van der Waals surface area (Å²) in [7, 11) is 0. The maximum atomic E-state index is 11.2. The molecular formula is C13H11ClN4O. The molecule has 0 unspecified atom stereocenters. The fourth-order valence-corrected chi connectivity index (χ4v) is 2.06. The lowest BCUT2D eigenvalue weighted by molar-refractivity contribution is -0.113. The highest BCUT2D eigenvalue weighted by Crippen LogP contribution is 2.28. The summed E-state index contributed by atoms with van der Waals surface area (Å²) in [6, 6.07) is 9.76. The van der Waals surface area contributed by atoms with Crippen molar-refractivity contribution in [3.63, 3.8) is 0 Å². The third kappa shape index (κ3) is 2.20. The van der Waals surface area contributed by atoms with Crippen molar-refractivity contribution in [2.75, 3.05) is 11.2 Å². The van der Waals surface area contributed by atoms with Gasteiger partial charge in [-0.15, -0.1) is 11.6 Å². The van der Waals surface area contributed by atoms with Crippen LogP contribution in [0.5, 0.6) is 0 Å². The molecule has 1 amide bonds. The van der Waals surface area contributed by atoms with Gasteiger partial charge in [0, 0.05) is 28.7 Å². The number of aromatic nitrogens is 3. The Hall–Kier alpha value is -2.27. The van der Waals surface area contributed by atoms with E-state index in [-0.39, 0.29) is 11.8 Å². The zero-order valence-electron chi connectivity index (χ0n) is 9.90. The molecular weight excluding hydrogens is 264 g/mol. The number of halogens is 1. The molecule has 0 fully saturated rings. The predicted molar refractivity (Wildman–Crippen MR) is 75.2 cm³/mol. The van der Waals surface area contributed by atoms with E-state index in [9.17, 15) is 4.79 Å². The molecule has 0 saturated heterocycles. The number of rotatable bonds is 3. The molecule has 0 bridgehead atoms. The van der Waals surface area contributed by atoms with E-state index >= 15 is 0 Å². The number of fused-ring (bicyclic) bond motifs is 1. The molecule has 0 aliphatic heterocycles. The SMILES string of the molecule is O=C(CCl)Nc1cc(-c2c[nH]c3ccccc23)[nH]n1. The summed E-state index contributed by atoms with van der Waals surface area (Å²) in [4.78, 5) is 14.4. The molecule has 0 atom stereocenters. The Morgan fingerprint density at radius 2 is 2.21 bits per heavy atom. The first-order valence-electron chi connectivity index (χ1n) is 5.75. The van der Waals surface area contributed by atoms with E-state index in [1.165, 1.54) is 0 Å². The van der Waals surface area contributed by atoms with Crippen LogP contribution in [0.2, 0.25) is 0 Å². The van der Waals surface area contributed by atoms with Gasteiger partial charge in [-0.3, -0.25) is 9.89 Å². The van der Waals surface area contributed by atoms with Crippen LogP contribution < -0.4 is 5.32 Å².